The van der Waals surface area contributed by atoms with Gasteiger partial charge in [-0.1, -0.05) is 6.07 Å². The van der Waals surface area contributed by atoms with Crippen molar-refractivity contribution >= 4 is 11.8 Å². The number of nitrogens with zero attached hydrogens (tertiary/aromatic N) is 1. The summed E-state index contributed by atoms with van der Waals surface area (Å²) in [6, 6.07) is 10.5. The molecule has 0 spiro atoms. The maximum Gasteiger partial charge on any atom is 0.260 e. The second-order valence-electron chi connectivity index (χ2n) is 7.93. The number of hydrogen-bond donors (Lipinski definition) is 1. The average molecular weight is 471 g/mol. The highest BCUT2D eigenvalue weighted by atomic mass is 16.5. The summed E-state index contributed by atoms with van der Waals surface area (Å²) in [6.07, 6.45) is 3.22. The van der Waals surface area contributed by atoms with Crippen LogP contribution in [-0.2, 0) is 11.3 Å². The molecule has 34 heavy (non-hydrogen) atoms. The summed E-state index contributed by atoms with van der Waals surface area (Å²) < 4.78 is 22.3. The Morgan fingerprint density at radius 2 is 1.53 bits per heavy atom. The van der Waals surface area contributed by atoms with E-state index in [-0.39, 0.29) is 18.4 Å². The number of rotatable bonds is 11. The van der Waals surface area contributed by atoms with Crippen LogP contribution in [0.4, 0.5) is 0 Å². The van der Waals surface area contributed by atoms with E-state index in [4.69, 9.17) is 18.9 Å². The van der Waals surface area contributed by atoms with Gasteiger partial charge in [-0.25, -0.2) is 0 Å². The molecule has 184 valence electrons. The van der Waals surface area contributed by atoms with E-state index in [1.165, 1.54) is 0 Å². The van der Waals surface area contributed by atoms with Crippen LogP contribution in [0.5, 0.6) is 23.0 Å². The Balaban J connectivity index is 1.62. The molecule has 0 saturated carbocycles. The minimum atomic E-state index is -0.246. The van der Waals surface area contributed by atoms with Crippen LogP contribution >= 0.6 is 0 Å². The molecule has 1 aliphatic heterocycles. The zero-order valence-electron chi connectivity index (χ0n) is 20.2. The molecule has 2 aromatic carbocycles. The SMILES string of the molecule is CCOc1ccc(CNC(=O)c2ccc(OCC(=O)N3CCCCC3)c(OCC)c2)cc1OC. The van der Waals surface area contributed by atoms with Crippen molar-refractivity contribution in [1.29, 1.82) is 0 Å². The Morgan fingerprint density at radius 3 is 2.24 bits per heavy atom. The number of methoxy groups -OCH3 is 1. The Labute approximate surface area is 201 Å². The van der Waals surface area contributed by atoms with Gasteiger partial charge in [-0.3, -0.25) is 9.59 Å². The number of ether oxygens (including phenoxy) is 4. The van der Waals surface area contributed by atoms with Crippen molar-refractivity contribution in [3.8, 4) is 23.0 Å². The highest BCUT2D eigenvalue weighted by Crippen LogP contribution is 2.30. The smallest absolute Gasteiger partial charge is 0.260 e. The summed E-state index contributed by atoms with van der Waals surface area (Å²) in [5.41, 5.74) is 1.32. The van der Waals surface area contributed by atoms with Crippen LogP contribution in [0.15, 0.2) is 36.4 Å². The third kappa shape index (κ3) is 6.79. The molecule has 1 saturated heterocycles. The lowest BCUT2D eigenvalue weighted by atomic mass is 10.1. The van der Waals surface area contributed by atoms with Gasteiger partial charge in [0.25, 0.3) is 11.8 Å². The minimum absolute atomic E-state index is 0.0326. The highest BCUT2D eigenvalue weighted by Gasteiger charge is 2.18. The van der Waals surface area contributed by atoms with E-state index in [1.54, 1.807) is 25.3 Å². The van der Waals surface area contributed by atoms with Gasteiger partial charge in [0.15, 0.2) is 29.6 Å². The molecule has 0 aromatic heterocycles. The van der Waals surface area contributed by atoms with Crippen molar-refractivity contribution < 1.29 is 28.5 Å². The molecule has 0 bridgehead atoms. The van der Waals surface area contributed by atoms with Gasteiger partial charge in [0, 0.05) is 25.2 Å². The third-order valence-electron chi connectivity index (χ3n) is 5.55. The fraction of sp³-hybridized carbons (Fsp3) is 0.462. The molecular weight excluding hydrogens is 436 g/mol. The van der Waals surface area contributed by atoms with Crippen LogP contribution in [0.2, 0.25) is 0 Å². The summed E-state index contributed by atoms with van der Waals surface area (Å²) in [5.74, 6) is 1.88. The lowest BCUT2D eigenvalue weighted by Crippen LogP contribution is -2.38. The molecule has 0 unspecified atom stereocenters. The lowest BCUT2D eigenvalue weighted by molar-refractivity contribution is -0.134. The normalized spacial score (nSPS) is 13.2. The fourth-order valence-electron chi connectivity index (χ4n) is 3.79. The van der Waals surface area contributed by atoms with Gasteiger partial charge in [0.2, 0.25) is 0 Å². The van der Waals surface area contributed by atoms with E-state index < -0.39 is 0 Å². The van der Waals surface area contributed by atoms with Crippen molar-refractivity contribution in [2.45, 2.75) is 39.7 Å². The molecule has 8 nitrogen and oxygen atoms in total. The predicted molar refractivity (Wildman–Crippen MR) is 129 cm³/mol. The van der Waals surface area contributed by atoms with Crippen molar-refractivity contribution in [2.75, 3.05) is 40.0 Å². The number of carbonyl (C=O) groups excluding carboxylic acids is 2. The summed E-state index contributed by atoms with van der Waals surface area (Å²) in [4.78, 5) is 27.0. The van der Waals surface area contributed by atoms with Crippen molar-refractivity contribution in [2.24, 2.45) is 0 Å². The first kappa shape index (κ1) is 25.2. The molecule has 2 aromatic rings. The van der Waals surface area contributed by atoms with Crippen molar-refractivity contribution in [3.63, 3.8) is 0 Å². The first-order valence-electron chi connectivity index (χ1n) is 11.8. The molecule has 1 fully saturated rings. The Bertz CT molecular complexity index is 972. The average Bonchev–Trinajstić information content (AvgIpc) is 2.87. The maximum atomic E-state index is 12.8. The van der Waals surface area contributed by atoms with Gasteiger partial charge >= 0.3 is 0 Å². The third-order valence-corrected chi connectivity index (χ3v) is 5.55. The topological polar surface area (TPSA) is 86.3 Å². The quantitative estimate of drug-likeness (QED) is 0.537. The van der Waals surface area contributed by atoms with E-state index in [1.807, 2.05) is 36.9 Å². The van der Waals surface area contributed by atoms with Gasteiger partial charge in [-0.05, 0) is 69.0 Å². The molecule has 0 aliphatic carbocycles. The summed E-state index contributed by atoms with van der Waals surface area (Å²) in [5, 5.41) is 2.91. The molecule has 0 atom stereocenters. The molecule has 3 rings (SSSR count). The molecule has 0 radical (unpaired) electrons. The number of hydrogen-bond acceptors (Lipinski definition) is 6. The van der Waals surface area contributed by atoms with Crippen LogP contribution in [0.3, 0.4) is 0 Å². The highest BCUT2D eigenvalue weighted by molar-refractivity contribution is 5.94. The van der Waals surface area contributed by atoms with Crippen LogP contribution in [0, 0.1) is 0 Å². The molecule has 8 heteroatoms. The number of amides is 2. The second kappa shape index (κ2) is 12.7. The number of nitrogens with one attached hydrogen (secondary N) is 1. The van der Waals surface area contributed by atoms with Gasteiger partial charge in [0.1, 0.15) is 0 Å². The fourth-order valence-corrected chi connectivity index (χ4v) is 3.79. The van der Waals surface area contributed by atoms with E-state index in [2.05, 4.69) is 5.32 Å². The minimum Gasteiger partial charge on any atom is -0.493 e. The second-order valence-corrected chi connectivity index (χ2v) is 7.93. The summed E-state index contributed by atoms with van der Waals surface area (Å²) in [7, 11) is 1.58. The molecule has 2 amide bonds. The van der Waals surface area contributed by atoms with Crippen LogP contribution in [0.25, 0.3) is 0 Å². The molecule has 1 aliphatic rings. The van der Waals surface area contributed by atoms with Gasteiger partial charge < -0.3 is 29.2 Å². The zero-order valence-corrected chi connectivity index (χ0v) is 20.2. The number of carbonyl (C=O) groups is 2. The largest absolute Gasteiger partial charge is 0.493 e. The van der Waals surface area contributed by atoms with Gasteiger partial charge in [0.05, 0.1) is 20.3 Å². The zero-order chi connectivity index (χ0) is 24.3. The summed E-state index contributed by atoms with van der Waals surface area (Å²) in [6.45, 7) is 6.55. The van der Waals surface area contributed by atoms with Crippen molar-refractivity contribution in [3.05, 3.63) is 47.5 Å². The first-order valence-corrected chi connectivity index (χ1v) is 11.8. The first-order chi connectivity index (χ1) is 16.5. The van der Waals surface area contributed by atoms with Gasteiger partial charge in [-0.2, -0.15) is 0 Å². The Morgan fingerprint density at radius 1 is 0.853 bits per heavy atom. The van der Waals surface area contributed by atoms with E-state index in [9.17, 15) is 9.59 Å². The number of likely N-dealkylation sites (tertiary alicyclic amines) is 1. The monoisotopic (exact) mass is 470 g/mol. The van der Waals surface area contributed by atoms with Gasteiger partial charge in [-0.15, -0.1) is 0 Å². The molecule has 1 N–H and O–H groups in total. The van der Waals surface area contributed by atoms with E-state index in [0.717, 1.165) is 37.9 Å². The Hall–Kier alpha value is -3.42. The van der Waals surface area contributed by atoms with Crippen LogP contribution in [0.1, 0.15) is 49.0 Å². The van der Waals surface area contributed by atoms with Crippen LogP contribution in [-0.4, -0.2) is 56.7 Å². The summed E-state index contributed by atoms with van der Waals surface area (Å²) >= 11 is 0. The maximum absolute atomic E-state index is 12.8. The van der Waals surface area contributed by atoms with E-state index in [0.29, 0.717) is 48.3 Å². The standard InChI is InChI=1S/C26H34N2O6/c1-4-32-21-11-9-19(15-23(21)31-3)17-27-26(30)20-10-12-22(24(16-20)33-5-2)34-18-25(29)28-13-7-6-8-14-28/h9-12,15-16H,4-8,13-14,17-18H2,1-3H3,(H,27,30). The molecular formula is C26H34N2O6. The molecule has 1 heterocycles. The van der Waals surface area contributed by atoms with E-state index >= 15 is 0 Å². The Kier molecular flexibility index (Phi) is 9.43. The number of benzene rings is 2. The number of piperidine rings is 1. The predicted octanol–water partition coefficient (Wildman–Crippen LogP) is 3.81. The lowest BCUT2D eigenvalue weighted by Gasteiger charge is -2.26. The van der Waals surface area contributed by atoms with Crippen molar-refractivity contribution in [1.82, 2.24) is 10.2 Å². The van der Waals surface area contributed by atoms with Crippen LogP contribution < -0.4 is 24.3 Å².